The Bertz CT molecular complexity index is 708. The highest BCUT2D eigenvalue weighted by molar-refractivity contribution is 5.83. The number of rotatable bonds is 7. The number of hydrogen-bond acceptors (Lipinski definition) is 3. The zero-order chi connectivity index (χ0) is 19.1. The fraction of sp³-hybridized carbons (Fsp3) is 0.435. The lowest BCUT2D eigenvalue weighted by atomic mass is 10.0. The zero-order valence-corrected chi connectivity index (χ0v) is 16.5. The highest BCUT2D eigenvalue weighted by Gasteiger charge is 2.23. The Labute approximate surface area is 163 Å². The quantitative estimate of drug-likeness (QED) is 0.806. The van der Waals surface area contributed by atoms with Crippen LogP contribution in [0.3, 0.4) is 0 Å². The fourth-order valence-electron chi connectivity index (χ4n) is 3.69. The first-order valence-electron chi connectivity index (χ1n) is 10.1. The lowest BCUT2D eigenvalue weighted by Gasteiger charge is -2.29. The molecule has 1 heterocycles. The third-order valence-corrected chi connectivity index (χ3v) is 5.43. The Kier molecular flexibility index (Phi) is 6.88. The minimum atomic E-state index is -0.260. The maximum atomic E-state index is 12.9. The summed E-state index contributed by atoms with van der Waals surface area (Å²) in [5.74, 6) is 0.0469. The molecule has 0 aliphatic carbocycles. The number of benzene rings is 2. The van der Waals surface area contributed by atoms with Crippen LogP contribution < -0.4 is 10.2 Å². The fourth-order valence-corrected chi connectivity index (χ4v) is 3.69. The molecule has 1 atom stereocenters. The predicted molar refractivity (Wildman–Crippen MR) is 112 cm³/mol. The molecule has 0 saturated carbocycles. The Morgan fingerprint density at radius 3 is 2.33 bits per heavy atom. The molecule has 0 radical (unpaired) electrons. The molecule has 4 heteroatoms. The van der Waals surface area contributed by atoms with E-state index in [4.69, 9.17) is 0 Å². The minimum Gasteiger partial charge on any atom is -0.372 e. The van der Waals surface area contributed by atoms with Crippen LogP contribution >= 0.6 is 0 Å². The van der Waals surface area contributed by atoms with Gasteiger partial charge < -0.3 is 10.2 Å². The summed E-state index contributed by atoms with van der Waals surface area (Å²) in [5, 5.41) is 3.12. The number of nitrogens with one attached hydrogen (secondary N) is 1. The van der Waals surface area contributed by atoms with Gasteiger partial charge in [-0.2, -0.15) is 0 Å². The van der Waals surface area contributed by atoms with Crippen LogP contribution in [0, 0.1) is 0 Å². The molecule has 4 nitrogen and oxygen atoms in total. The second-order valence-electron chi connectivity index (χ2n) is 7.32. The van der Waals surface area contributed by atoms with Gasteiger partial charge in [0.15, 0.2) is 0 Å². The van der Waals surface area contributed by atoms with E-state index >= 15 is 0 Å². The van der Waals surface area contributed by atoms with E-state index in [-0.39, 0.29) is 11.9 Å². The first-order chi connectivity index (χ1) is 13.2. The molecular formula is C23H31N3O. The first-order valence-corrected chi connectivity index (χ1v) is 10.1. The Balaban J connectivity index is 1.61. The van der Waals surface area contributed by atoms with Gasteiger partial charge in [-0.15, -0.1) is 0 Å². The summed E-state index contributed by atoms with van der Waals surface area (Å²) < 4.78 is 0. The lowest BCUT2D eigenvalue weighted by Crippen LogP contribution is -2.38. The highest BCUT2D eigenvalue weighted by Crippen LogP contribution is 2.21. The van der Waals surface area contributed by atoms with Crippen molar-refractivity contribution in [2.45, 2.75) is 38.8 Å². The van der Waals surface area contributed by atoms with E-state index < -0.39 is 0 Å². The molecule has 27 heavy (non-hydrogen) atoms. The van der Waals surface area contributed by atoms with E-state index in [1.807, 2.05) is 37.4 Å². The molecule has 1 amide bonds. The average Bonchev–Trinajstić information content (AvgIpc) is 2.74. The number of hydrogen-bond donors (Lipinski definition) is 1. The maximum Gasteiger partial charge on any atom is 0.242 e. The van der Waals surface area contributed by atoms with Gasteiger partial charge in [0.2, 0.25) is 5.91 Å². The molecule has 1 aliphatic rings. The topological polar surface area (TPSA) is 35.6 Å². The Morgan fingerprint density at radius 2 is 1.70 bits per heavy atom. The van der Waals surface area contributed by atoms with Crippen molar-refractivity contribution >= 4 is 11.6 Å². The van der Waals surface area contributed by atoms with Gasteiger partial charge in [-0.25, -0.2) is 0 Å². The van der Waals surface area contributed by atoms with Gasteiger partial charge in [-0.1, -0.05) is 49.4 Å². The number of amides is 1. The number of carbonyl (C=O) groups excluding carboxylic acids is 1. The van der Waals surface area contributed by atoms with Crippen LogP contribution in [0.2, 0.25) is 0 Å². The smallest absolute Gasteiger partial charge is 0.242 e. The van der Waals surface area contributed by atoms with E-state index in [0.29, 0.717) is 6.54 Å². The van der Waals surface area contributed by atoms with Gasteiger partial charge in [-0.3, -0.25) is 9.69 Å². The summed E-state index contributed by atoms with van der Waals surface area (Å²) in [4.78, 5) is 17.4. The second-order valence-corrected chi connectivity index (χ2v) is 7.32. The summed E-state index contributed by atoms with van der Waals surface area (Å²) in [5.41, 5.74) is 3.45. The van der Waals surface area contributed by atoms with Crippen LogP contribution in [0.25, 0.3) is 0 Å². The van der Waals surface area contributed by atoms with Crippen LogP contribution in [0.15, 0.2) is 54.6 Å². The van der Waals surface area contributed by atoms with E-state index in [1.165, 1.54) is 24.9 Å². The molecule has 1 N–H and O–H groups in total. The normalized spacial score (nSPS) is 15.6. The summed E-state index contributed by atoms with van der Waals surface area (Å²) in [6.45, 7) is 5.75. The Hall–Kier alpha value is -2.33. The summed E-state index contributed by atoms with van der Waals surface area (Å²) in [6.07, 6.45) is 3.91. The van der Waals surface area contributed by atoms with E-state index in [9.17, 15) is 4.79 Å². The molecule has 0 aromatic heterocycles. The van der Waals surface area contributed by atoms with Crippen LogP contribution in [0.1, 0.15) is 43.4 Å². The Morgan fingerprint density at radius 1 is 1.04 bits per heavy atom. The molecule has 1 aliphatic heterocycles. The molecule has 2 aromatic rings. The number of likely N-dealkylation sites (N-methyl/N-ethyl adjacent to an activating group) is 1. The predicted octanol–water partition coefficient (Wildman–Crippen LogP) is 3.99. The average molecular weight is 366 g/mol. The van der Waals surface area contributed by atoms with Gasteiger partial charge in [0.1, 0.15) is 6.04 Å². The third-order valence-electron chi connectivity index (χ3n) is 5.43. The molecule has 0 spiro atoms. The van der Waals surface area contributed by atoms with Gasteiger partial charge in [0.05, 0.1) is 0 Å². The van der Waals surface area contributed by atoms with Crippen molar-refractivity contribution in [3.8, 4) is 0 Å². The highest BCUT2D eigenvalue weighted by atomic mass is 16.2. The summed E-state index contributed by atoms with van der Waals surface area (Å²) in [7, 11) is 1.99. The van der Waals surface area contributed by atoms with Gasteiger partial charge >= 0.3 is 0 Å². The van der Waals surface area contributed by atoms with Gasteiger partial charge in [-0.05, 0) is 56.1 Å². The van der Waals surface area contributed by atoms with E-state index in [0.717, 1.165) is 30.8 Å². The van der Waals surface area contributed by atoms with Crippen LogP contribution in [-0.2, 0) is 11.3 Å². The van der Waals surface area contributed by atoms with Crippen molar-refractivity contribution in [2.24, 2.45) is 0 Å². The molecule has 2 aromatic carbocycles. The lowest BCUT2D eigenvalue weighted by molar-refractivity contribution is -0.126. The van der Waals surface area contributed by atoms with Gasteiger partial charge in [0.25, 0.3) is 0 Å². The second kappa shape index (κ2) is 9.56. The van der Waals surface area contributed by atoms with Crippen molar-refractivity contribution in [3.05, 3.63) is 65.7 Å². The van der Waals surface area contributed by atoms with Gasteiger partial charge in [0, 0.05) is 25.3 Å². The molecule has 1 unspecified atom stereocenters. The number of piperidine rings is 1. The van der Waals surface area contributed by atoms with Crippen molar-refractivity contribution in [3.63, 3.8) is 0 Å². The van der Waals surface area contributed by atoms with Crippen molar-refractivity contribution in [1.82, 2.24) is 10.2 Å². The summed E-state index contributed by atoms with van der Waals surface area (Å²) in [6, 6.07) is 18.3. The number of anilines is 1. The minimum absolute atomic E-state index is 0.0469. The molecule has 1 fully saturated rings. The van der Waals surface area contributed by atoms with Crippen molar-refractivity contribution < 1.29 is 4.79 Å². The third kappa shape index (κ3) is 5.10. The zero-order valence-electron chi connectivity index (χ0n) is 16.5. The number of nitrogens with zero attached hydrogens (tertiary/aromatic N) is 2. The van der Waals surface area contributed by atoms with Crippen LogP contribution in [-0.4, -0.2) is 37.5 Å². The van der Waals surface area contributed by atoms with Crippen molar-refractivity contribution in [2.75, 3.05) is 31.6 Å². The van der Waals surface area contributed by atoms with Crippen LogP contribution in [0.4, 0.5) is 5.69 Å². The summed E-state index contributed by atoms with van der Waals surface area (Å²) >= 11 is 0. The monoisotopic (exact) mass is 365 g/mol. The molecule has 0 bridgehead atoms. The SMILES string of the molecule is CCN(C)C(C(=O)NCc1ccc(N2CCCCC2)cc1)c1ccccc1. The molecule has 3 rings (SSSR count). The van der Waals surface area contributed by atoms with E-state index in [2.05, 4.69) is 46.3 Å². The standard InChI is InChI=1S/C23H31N3O/c1-3-25(2)22(20-10-6-4-7-11-20)23(27)24-18-19-12-14-21(15-13-19)26-16-8-5-9-17-26/h4,6-7,10-15,22H,3,5,8-9,16-18H2,1-2H3,(H,24,27). The first kappa shape index (κ1) is 19.4. The maximum absolute atomic E-state index is 12.9. The van der Waals surface area contributed by atoms with Crippen LogP contribution in [0.5, 0.6) is 0 Å². The van der Waals surface area contributed by atoms with E-state index in [1.54, 1.807) is 0 Å². The number of carbonyl (C=O) groups is 1. The molecule has 144 valence electrons. The largest absolute Gasteiger partial charge is 0.372 e. The molecular weight excluding hydrogens is 334 g/mol. The molecule has 1 saturated heterocycles. The van der Waals surface area contributed by atoms with Crippen molar-refractivity contribution in [1.29, 1.82) is 0 Å².